The van der Waals surface area contributed by atoms with Gasteiger partial charge >= 0.3 is 0 Å². The van der Waals surface area contributed by atoms with Crippen molar-refractivity contribution in [2.45, 2.75) is 18.4 Å². The van der Waals surface area contributed by atoms with Crippen LogP contribution >= 0.6 is 27.7 Å². The van der Waals surface area contributed by atoms with Crippen LogP contribution in [0.2, 0.25) is 0 Å². The van der Waals surface area contributed by atoms with Crippen LogP contribution in [0.25, 0.3) is 0 Å². The maximum Gasteiger partial charge on any atom is 0.0464 e. The number of rotatable bonds is 5. The van der Waals surface area contributed by atoms with Crippen molar-refractivity contribution in [1.82, 2.24) is 0 Å². The van der Waals surface area contributed by atoms with Crippen molar-refractivity contribution < 1.29 is 5.11 Å². The molecule has 0 aliphatic heterocycles. The van der Waals surface area contributed by atoms with Gasteiger partial charge in [0.2, 0.25) is 0 Å². The van der Waals surface area contributed by atoms with E-state index in [0.29, 0.717) is 12.5 Å². The fraction of sp³-hybridized carbons (Fsp3) is 0.455. The average molecular weight is 290 g/mol. The highest BCUT2D eigenvalue weighted by molar-refractivity contribution is 9.10. The topological polar surface area (TPSA) is 46.2 Å². The van der Waals surface area contributed by atoms with Gasteiger partial charge in [-0.2, -0.15) is 0 Å². The molecule has 15 heavy (non-hydrogen) atoms. The second kappa shape index (κ2) is 6.53. The van der Waals surface area contributed by atoms with Crippen molar-refractivity contribution >= 4 is 27.7 Å². The highest BCUT2D eigenvalue weighted by Crippen LogP contribution is 2.26. The highest BCUT2D eigenvalue weighted by atomic mass is 79.9. The van der Waals surface area contributed by atoms with E-state index in [1.807, 2.05) is 13.0 Å². The van der Waals surface area contributed by atoms with Crippen molar-refractivity contribution in [2.75, 3.05) is 12.4 Å². The first kappa shape index (κ1) is 13.0. The Morgan fingerprint density at radius 2 is 2.27 bits per heavy atom. The molecule has 0 heterocycles. The predicted molar refractivity (Wildman–Crippen MR) is 69.0 cm³/mol. The first-order chi connectivity index (χ1) is 7.17. The highest BCUT2D eigenvalue weighted by Gasteiger charge is 2.03. The van der Waals surface area contributed by atoms with E-state index >= 15 is 0 Å². The Labute approximate surface area is 103 Å². The average Bonchev–Trinajstić information content (AvgIpc) is 2.26. The molecule has 0 spiro atoms. The standard InChI is InChI=1S/C11H16BrNOS/c1-8(6-14)7-15-10-3-2-9(5-13)11(12)4-10/h2-4,8,14H,5-7,13H2,1H3. The van der Waals surface area contributed by atoms with E-state index in [-0.39, 0.29) is 6.61 Å². The van der Waals surface area contributed by atoms with Crippen molar-refractivity contribution in [3.63, 3.8) is 0 Å². The zero-order valence-electron chi connectivity index (χ0n) is 8.74. The van der Waals surface area contributed by atoms with E-state index in [0.717, 1.165) is 15.8 Å². The van der Waals surface area contributed by atoms with Gasteiger partial charge in [-0.05, 0) is 23.6 Å². The summed E-state index contributed by atoms with van der Waals surface area (Å²) in [5.74, 6) is 1.27. The number of nitrogens with two attached hydrogens (primary N) is 1. The summed E-state index contributed by atoms with van der Waals surface area (Å²) in [5.41, 5.74) is 6.69. The molecule has 1 aromatic rings. The van der Waals surface area contributed by atoms with Crippen LogP contribution < -0.4 is 5.73 Å². The number of aliphatic hydroxyl groups is 1. The Hall–Kier alpha value is -0.0300. The van der Waals surface area contributed by atoms with Gasteiger partial charge < -0.3 is 10.8 Å². The molecule has 1 rings (SSSR count). The summed E-state index contributed by atoms with van der Waals surface area (Å²) in [7, 11) is 0. The minimum Gasteiger partial charge on any atom is -0.396 e. The van der Waals surface area contributed by atoms with Crippen molar-refractivity contribution in [2.24, 2.45) is 11.7 Å². The zero-order valence-corrected chi connectivity index (χ0v) is 11.1. The zero-order chi connectivity index (χ0) is 11.3. The summed E-state index contributed by atoms with van der Waals surface area (Å²) >= 11 is 5.24. The van der Waals surface area contributed by atoms with E-state index in [1.54, 1.807) is 11.8 Å². The molecule has 3 N–H and O–H groups in total. The third-order valence-corrected chi connectivity index (χ3v) is 4.15. The Morgan fingerprint density at radius 3 is 2.80 bits per heavy atom. The van der Waals surface area contributed by atoms with Crippen LogP contribution in [-0.2, 0) is 6.54 Å². The maximum atomic E-state index is 8.91. The van der Waals surface area contributed by atoms with E-state index < -0.39 is 0 Å². The Kier molecular flexibility index (Phi) is 5.68. The summed E-state index contributed by atoms with van der Waals surface area (Å²) in [6, 6.07) is 6.19. The van der Waals surface area contributed by atoms with Crippen molar-refractivity contribution in [1.29, 1.82) is 0 Å². The second-order valence-electron chi connectivity index (χ2n) is 3.56. The maximum absolute atomic E-state index is 8.91. The van der Waals surface area contributed by atoms with Gasteiger partial charge in [-0.1, -0.05) is 28.9 Å². The molecule has 0 radical (unpaired) electrons. The lowest BCUT2D eigenvalue weighted by molar-refractivity contribution is 0.250. The van der Waals surface area contributed by atoms with Gasteiger partial charge in [-0.15, -0.1) is 11.8 Å². The van der Waals surface area contributed by atoms with Crippen LogP contribution in [0.1, 0.15) is 12.5 Å². The molecule has 0 fully saturated rings. The molecule has 84 valence electrons. The first-order valence-electron chi connectivity index (χ1n) is 4.89. The molecule has 1 atom stereocenters. The van der Waals surface area contributed by atoms with E-state index in [9.17, 15) is 0 Å². The van der Waals surface area contributed by atoms with E-state index in [4.69, 9.17) is 10.8 Å². The molecular weight excluding hydrogens is 274 g/mol. The van der Waals surface area contributed by atoms with Crippen molar-refractivity contribution in [3.05, 3.63) is 28.2 Å². The third kappa shape index (κ3) is 4.15. The van der Waals surface area contributed by atoms with Crippen LogP contribution in [0, 0.1) is 5.92 Å². The van der Waals surface area contributed by atoms with Crippen LogP contribution in [-0.4, -0.2) is 17.5 Å². The molecule has 0 amide bonds. The monoisotopic (exact) mass is 289 g/mol. The fourth-order valence-electron chi connectivity index (χ4n) is 1.07. The summed E-state index contributed by atoms with van der Waals surface area (Å²) < 4.78 is 1.06. The molecule has 1 unspecified atom stereocenters. The fourth-order valence-corrected chi connectivity index (χ4v) is 2.71. The number of aliphatic hydroxyl groups excluding tert-OH is 1. The van der Waals surface area contributed by atoms with Gasteiger partial charge in [-0.25, -0.2) is 0 Å². The van der Waals surface area contributed by atoms with Crippen molar-refractivity contribution in [3.8, 4) is 0 Å². The summed E-state index contributed by atoms with van der Waals surface area (Å²) in [4.78, 5) is 1.21. The molecule has 4 heteroatoms. The van der Waals surface area contributed by atoms with Gasteiger partial charge in [0.25, 0.3) is 0 Å². The lowest BCUT2D eigenvalue weighted by atomic mass is 10.2. The predicted octanol–water partition coefficient (Wildman–Crippen LogP) is 2.63. The molecule has 0 aliphatic carbocycles. The summed E-state index contributed by atoms with van der Waals surface area (Å²) in [6.07, 6.45) is 0. The SMILES string of the molecule is CC(CO)CSc1ccc(CN)c(Br)c1. The van der Waals surface area contributed by atoms with Gasteiger partial charge in [-0.3, -0.25) is 0 Å². The molecule has 0 aromatic heterocycles. The lowest BCUT2D eigenvalue weighted by Gasteiger charge is -2.08. The number of hydrogen-bond acceptors (Lipinski definition) is 3. The quantitative estimate of drug-likeness (QED) is 0.819. The minimum absolute atomic E-state index is 0.245. The molecule has 0 saturated carbocycles. The van der Waals surface area contributed by atoms with Gasteiger partial charge in [0.05, 0.1) is 0 Å². The smallest absolute Gasteiger partial charge is 0.0464 e. The van der Waals surface area contributed by atoms with Crippen LogP contribution in [0.5, 0.6) is 0 Å². The first-order valence-corrected chi connectivity index (χ1v) is 6.67. The molecule has 2 nitrogen and oxygen atoms in total. The second-order valence-corrected chi connectivity index (χ2v) is 5.50. The third-order valence-electron chi connectivity index (χ3n) is 2.09. The lowest BCUT2D eigenvalue weighted by Crippen LogP contribution is -2.03. The van der Waals surface area contributed by atoms with Gasteiger partial charge in [0, 0.05) is 28.3 Å². The van der Waals surface area contributed by atoms with E-state index in [1.165, 1.54) is 4.90 Å². The van der Waals surface area contributed by atoms with Crippen LogP contribution in [0.15, 0.2) is 27.6 Å². The molecule has 1 aromatic carbocycles. The molecule has 0 saturated heterocycles. The van der Waals surface area contributed by atoms with Gasteiger partial charge in [0.1, 0.15) is 0 Å². The number of thioether (sulfide) groups is 1. The number of hydrogen-bond donors (Lipinski definition) is 2. The molecule has 0 aliphatic rings. The van der Waals surface area contributed by atoms with E-state index in [2.05, 4.69) is 28.1 Å². The Morgan fingerprint density at radius 1 is 1.53 bits per heavy atom. The Bertz CT molecular complexity index is 319. The van der Waals surface area contributed by atoms with Crippen LogP contribution in [0.3, 0.4) is 0 Å². The van der Waals surface area contributed by atoms with Crippen LogP contribution in [0.4, 0.5) is 0 Å². The Balaban J connectivity index is 2.59. The summed E-state index contributed by atoms with van der Waals surface area (Å²) in [6.45, 7) is 2.84. The normalized spacial score (nSPS) is 12.8. The number of halogens is 1. The van der Waals surface area contributed by atoms with Gasteiger partial charge in [0.15, 0.2) is 0 Å². The molecule has 0 bridgehead atoms. The number of benzene rings is 1. The largest absolute Gasteiger partial charge is 0.396 e. The minimum atomic E-state index is 0.245. The summed E-state index contributed by atoms with van der Waals surface area (Å²) in [5, 5.41) is 8.91. The molecular formula is C11H16BrNOS.